The summed E-state index contributed by atoms with van der Waals surface area (Å²) in [5, 5.41) is 2.87. The molecule has 3 rings (SSSR count). The van der Waals surface area contributed by atoms with E-state index in [4.69, 9.17) is 18.6 Å². The smallest absolute Gasteiger partial charge is 0.273 e. The number of nitrogens with one attached hydrogen (secondary N) is 1. The van der Waals surface area contributed by atoms with E-state index in [0.29, 0.717) is 37.0 Å². The average Bonchev–Trinajstić information content (AvgIpc) is 3.31. The molecule has 1 saturated heterocycles. The first kappa shape index (κ1) is 26.0. The minimum atomic E-state index is -0.230. The van der Waals surface area contributed by atoms with Crippen LogP contribution in [0, 0.1) is 0 Å². The van der Waals surface area contributed by atoms with Crippen molar-refractivity contribution < 1.29 is 23.4 Å². The van der Waals surface area contributed by atoms with E-state index in [1.807, 2.05) is 37.2 Å². The topological polar surface area (TPSA) is 92.5 Å². The van der Waals surface area contributed by atoms with Crippen molar-refractivity contribution in [3.63, 3.8) is 0 Å². The van der Waals surface area contributed by atoms with Gasteiger partial charge in [0.05, 0.1) is 34.0 Å². The number of methoxy groups -OCH3 is 2. The molecule has 1 aliphatic rings. The molecule has 10 heteroatoms. The maximum Gasteiger partial charge on any atom is 0.273 e. The van der Waals surface area contributed by atoms with Crippen molar-refractivity contribution in [2.45, 2.75) is 13.1 Å². The first-order chi connectivity index (χ1) is 16.5. The Kier molecular flexibility index (Phi) is 10.1. The Labute approximate surface area is 201 Å². The van der Waals surface area contributed by atoms with Crippen molar-refractivity contribution in [3.05, 3.63) is 41.6 Å². The Morgan fingerprint density at radius 2 is 1.94 bits per heavy atom. The average molecular weight is 476 g/mol. The van der Waals surface area contributed by atoms with E-state index in [1.54, 1.807) is 14.2 Å². The molecule has 1 fully saturated rings. The fraction of sp³-hybridized carbons (Fsp3) is 0.583. The molecule has 1 amide bonds. The Bertz CT molecular complexity index is 898. The van der Waals surface area contributed by atoms with E-state index in [9.17, 15) is 4.79 Å². The van der Waals surface area contributed by atoms with E-state index in [1.165, 1.54) is 6.26 Å². The van der Waals surface area contributed by atoms with Crippen molar-refractivity contribution in [1.29, 1.82) is 0 Å². The Balaban J connectivity index is 1.69. The van der Waals surface area contributed by atoms with Gasteiger partial charge in [-0.05, 0) is 20.2 Å². The van der Waals surface area contributed by atoms with Crippen molar-refractivity contribution in [1.82, 2.24) is 25.0 Å². The number of amides is 1. The molecule has 188 valence electrons. The molecule has 2 aromatic rings. The van der Waals surface area contributed by atoms with Crippen molar-refractivity contribution in [2.75, 3.05) is 80.8 Å². The quantitative estimate of drug-likeness (QED) is 0.460. The highest BCUT2D eigenvalue weighted by atomic mass is 16.5. The summed E-state index contributed by atoms with van der Waals surface area (Å²) in [7, 11) is 7.21. The molecule has 1 aromatic carbocycles. The molecule has 0 aliphatic carbocycles. The minimum Gasteiger partial charge on any atom is -0.493 e. The van der Waals surface area contributed by atoms with Crippen molar-refractivity contribution in [3.8, 4) is 11.5 Å². The molecular weight excluding hydrogens is 438 g/mol. The van der Waals surface area contributed by atoms with Crippen LogP contribution in [0.2, 0.25) is 0 Å². The molecule has 34 heavy (non-hydrogen) atoms. The monoisotopic (exact) mass is 475 g/mol. The van der Waals surface area contributed by atoms with Gasteiger partial charge in [0.2, 0.25) is 5.89 Å². The molecule has 0 unspecified atom stereocenters. The predicted octanol–water partition coefficient (Wildman–Crippen LogP) is 1.32. The number of hydrogen-bond donors (Lipinski definition) is 1. The van der Waals surface area contributed by atoms with Crippen LogP contribution in [0.5, 0.6) is 11.5 Å². The number of aromatic nitrogens is 1. The van der Waals surface area contributed by atoms with Gasteiger partial charge in [-0.25, -0.2) is 4.98 Å². The summed E-state index contributed by atoms with van der Waals surface area (Å²) in [6.45, 7) is 7.46. The number of carbonyl (C=O) groups excluding carboxylic acids is 1. The van der Waals surface area contributed by atoms with Crippen LogP contribution in [-0.4, -0.2) is 106 Å². The fourth-order valence-electron chi connectivity index (χ4n) is 3.80. The molecule has 1 aliphatic heterocycles. The number of benzene rings is 1. The summed E-state index contributed by atoms with van der Waals surface area (Å²) in [5.41, 5.74) is 1.30. The molecule has 0 radical (unpaired) electrons. The summed E-state index contributed by atoms with van der Waals surface area (Å²) >= 11 is 0. The molecule has 2 heterocycles. The van der Waals surface area contributed by atoms with E-state index < -0.39 is 0 Å². The second kappa shape index (κ2) is 13.3. The number of hydrogen-bond acceptors (Lipinski definition) is 9. The molecule has 0 saturated carbocycles. The zero-order valence-corrected chi connectivity index (χ0v) is 20.7. The highest BCUT2D eigenvalue weighted by molar-refractivity contribution is 5.91. The van der Waals surface area contributed by atoms with Gasteiger partial charge in [-0.15, -0.1) is 0 Å². The van der Waals surface area contributed by atoms with Gasteiger partial charge in [-0.1, -0.05) is 12.1 Å². The molecule has 1 aromatic heterocycles. The number of para-hydroxylation sites is 1. The zero-order chi connectivity index (χ0) is 24.3. The molecular formula is C24H37N5O5. The third kappa shape index (κ3) is 7.69. The van der Waals surface area contributed by atoms with Crippen LogP contribution in [-0.2, 0) is 17.8 Å². The lowest BCUT2D eigenvalue weighted by molar-refractivity contribution is 0.0320. The maximum atomic E-state index is 12.4. The van der Waals surface area contributed by atoms with Crippen LogP contribution >= 0.6 is 0 Å². The summed E-state index contributed by atoms with van der Waals surface area (Å²) < 4.78 is 22.2. The predicted molar refractivity (Wildman–Crippen MR) is 128 cm³/mol. The zero-order valence-electron chi connectivity index (χ0n) is 20.7. The van der Waals surface area contributed by atoms with Crippen molar-refractivity contribution in [2.24, 2.45) is 0 Å². The van der Waals surface area contributed by atoms with Crippen LogP contribution in [0.15, 0.2) is 28.9 Å². The third-order valence-corrected chi connectivity index (χ3v) is 5.70. The van der Waals surface area contributed by atoms with E-state index >= 15 is 0 Å². The highest BCUT2D eigenvalue weighted by Gasteiger charge is 2.19. The lowest BCUT2D eigenvalue weighted by Crippen LogP contribution is -2.41. The van der Waals surface area contributed by atoms with Gasteiger partial charge in [0.1, 0.15) is 6.26 Å². The standard InChI is InChI=1S/C24H37N5O5/c1-27(2)9-8-25-24(30)20-18-34-22(26-20)17-29(11-10-28-12-14-33-15-13-28)16-19-6-5-7-21(31-3)23(19)32-4/h5-7,18H,8-17H2,1-4H3,(H,25,30). The van der Waals surface area contributed by atoms with E-state index in [2.05, 4.69) is 20.1 Å². The largest absolute Gasteiger partial charge is 0.493 e. The normalized spacial score (nSPS) is 14.5. The Hall–Kier alpha value is -2.66. The number of likely N-dealkylation sites (N-methyl/N-ethyl adjacent to an activating group) is 1. The number of carbonyl (C=O) groups is 1. The molecule has 0 bridgehead atoms. The van der Waals surface area contributed by atoms with Gasteiger partial charge in [0.15, 0.2) is 17.2 Å². The lowest BCUT2D eigenvalue weighted by atomic mass is 10.1. The maximum absolute atomic E-state index is 12.4. The van der Waals surface area contributed by atoms with Gasteiger partial charge in [-0.2, -0.15) is 0 Å². The number of morpholine rings is 1. The van der Waals surface area contributed by atoms with Crippen molar-refractivity contribution >= 4 is 5.91 Å². The number of rotatable bonds is 13. The van der Waals surface area contributed by atoms with Crippen LogP contribution in [0.1, 0.15) is 21.9 Å². The fourth-order valence-corrected chi connectivity index (χ4v) is 3.80. The minimum absolute atomic E-state index is 0.230. The summed E-state index contributed by atoms with van der Waals surface area (Å²) in [6.07, 6.45) is 1.42. The highest BCUT2D eigenvalue weighted by Crippen LogP contribution is 2.31. The second-order valence-electron chi connectivity index (χ2n) is 8.50. The van der Waals surface area contributed by atoms with Gasteiger partial charge < -0.3 is 28.8 Å². The first-order valence-corrected chi connectivity index (χ1v) is 11.6. The van der Waals surface area contributed by atoms with Gasteiger partial charge >= 0.3 is 0 Å². The summed E-state index contributed by atoms with van der Waals surface area (Å²) in [6, 6.07) is 5.87. The first-order valence-electron chi connectivity index (χ1n) is 11.6. The van der Waals surface area contributed by atoms with Crippen LogP contribution in [0.4, 0.5) is 0 Å². The number of nitrogens with zero attached hydrogens (tertiary/aromatic N) is 4. The van der Waals surface area contributed by atoms with Crippen LogP contribution in [0.3, 0.4) is 0 Å². The Morgan fingerprint density at radius 1 is 1.15 bits per heavy atom. The third-order valence-electron chi connectivity index (χ3n) is 5.70. The Morgan fingerprint density at radius 3 is 2.65 bits per heavy atom. The van der Waals surface area contributed by atoms with Crippen LogP contribution in [0.25, 0.3) is 0 Å². The van der Waals surface area contributed by atoms with Gasteiger partial charge in [-0.3, -0.25) is 14.6 Å². The second-order valence-corrected chi connectivity index (χ2v) is 8.50. The molecule has 1 N–H and O–H groups in total. The lowest BCUT2D eigenvalue weighted by Gasteiger charge is -2.30. The van der Waals surface area contributed by atoms with Gasteiger partial charge in [0.25, 0.3) is 5.91 Å². The van der Waals surface area contributed by atoms with Gasteiger partial charge in [0, 0.05) is 51.4 Å². The number of ether oxygens (including phenoxy) is 3. The SMILES string of the molecule is COc1cccc(CN(CCN2CCOCC2)Cc2nc(C(=O)NCCN(C)C)co2)c1OC. The van der Waals surface area contributed by atoms with E-state index in [-0.39, 0.29) is 5.91 Å². The molecule has 0 atom stereocenters. The number of oxazole rings is 1. The summed E-state index contributed by atoms with van der Waals surface area (Å²) in [5.74, 6) is 1.68. The summed E-state index contributed by atoms with van der Waals surface area (Å²) in [4.78, 5) is 23.5. The molecule has 0 spiro atoms. The van der Waals surface area contributed by atoms with Crippen LogP contribution < -0.4 is 14.8 Å². The molecule has 10 nitrogen and oxygen atoms in total. The van der Waals surface area contributed by atoms with E-state index in [0.717, 1.165) is 57.3 Å².